The Morgan fingerprint density at radius 2 is 1.85 bits per heavy atom. The van der Waals surface area contributed by atoms with Crippen molar-refractivity contribution in [2.45, 2.75) is 47.0 Å². The fourth-order valence-corrected chi connectivity index (χ4v) is 1.98. The third-order valence-corrected chi connectivity index (χ3v) is 3.15. The summed E-state index contributed by atoms with van der Waals surface area (Å²) in [6.07, 6.45) is 2.89. The van der Waals surface area contributed by atoms with Crippen molar-refractivity contribution in [3.8, 4) is 0 Å². The maximum atomic E-state index is 8.92. The van der Waals surface area contributed by atoms with Gasteiger partial charge < -0.3 is 15.7 Å². The van der Waals surface area contributed by atoms with Crippen molar-refractivity contribution in [3.05, 3.63) is 11.9 Å². The van der Waals surface area contributed by atoms with Crippen LogP contribution in [0.15, 0.2) is 6.07 Å². The van der Waals surface area contributed by atoms with Gasteiger partial charge in [-0.1, -0.05) is 20.8 Å². The van der Waals surface area contributed by atoms with Crippen molar-refractivity contribution in [2.24, 2.45) is 5.41 Å². The van der Waals surface area contributed by atoms with Crippen LogP contribution < -0.4 is 10.6 Å². The molecule has 0 unspecified atom stereocenters. The summed E-state index contributed by atoms with van der Waals surface area (Å²) in [6, 6.07) is 1.95. The molecule has 0 spiro atoms. The first-order valence-corrected chi connectivity index (χ1v) is 7.41. The summed E-state index contributed by atoms with van der Waals surface area (Å²) in [5, 5.41) is 15.6. The summed E-state index contributed by atoms with van der Waals surface area (Å²) in [7, 11) is 0. The van der Waals surface area contributed by atoms with E-state index in [2.05, 4.69) is 41.4 Å². The minimum Gasteiger partial charge on any atom is -0.396 e. The number of aromatic nitrogens is 2. The summed E-state index contributed by atoms with van der Waals surface area (Å²) in [5.41, 5.74) is 0.137. The van der Waals surface area contributed by atoms with Gasteiger partial charge in [-0.3, -0.25) is 0 Å². The van der Waals surface area contributed by atoms with Crippen LogP contribution in [-0.2, 0) is 0 Å². The van der Waals surface area contributed by atoms with E-state index in [9.17, 15) is 0 Å². The molecule has 1 heterocycles. The van der Waals surface area contributed by atoms with E-state index >= 15 is 0 Å². The molecule has 0 bridgehead atoms. The molecule has 1 rings (SSSR count). The highest BCUT2D eigenvalue weighted by atomic mass is 16.2. The van der Waals surface area contributed by atoms with E-state index in [1.165, 1.54) is 0 Å². The second-order valence-electron chi connectivity index (χ2n) is 5.96. The summed E-state index contributed by atoms with van der Waals surface area (Å²) in [4.78, 5) is 8.78. The van der Waals surface area contributed by atoms with Gasteiger partial charge in [0.25, 0.3) is 0 Å². The molecular formula is C15H28N4O. The number of rotatable bonds is 9. The van der Waals surface area contributed by atoms with E-state index in [1.54, 1.807) is 0 Å². The van der Waals surface area contributed by atoms with Crippen LogP contribution in [0.25, 0.3) is 0 Å². The molecule has 1 aromatic heterocycles. The highest BCUT2D eigenvalue weighted by molar-refractivity contribution is 5.47. The van der Waals surface area contributed by atoms with E-state index in [1.807, 2.05) is 13.0 Å². The van der Waals surface area contributed by atoms with Crippen LogP contribution in [0.3, 0.4) is 0 Å². The molecule has 0 aliphatic carbocycles. The predicted molar refractivity (Wildman–Crippen MR) is 84.1 cm³/mol. The van der Waals surface area contributed by atoms with Crippen molar-refractivity contribution in [2.75, 3.05) is 30.3 Å². The molecule has 1 aromatic rings. The lowest BCUT2D eigenvalue weighted by molar-refractivity contribution is 0.248. The smallest absolute Gasteiger partial charge is 0.131 e. The van der Waals surface area contributed by atoms with Gasteiger partial charge in [-0.05, 0) is 31.6 Å². The maximum Gasteiger partial charge on any atom is 0.131 e. The Morgan fingerprint density at radius 1 is 1.20 bits per heavy atom. The molecule has 0 amide bonds. The third-order valence-electron chi connectivity index (χ3n) is 3.15. The van der Waals surface area contributed by atoms with Crippen molar-refractivity contribution in [1.29, 1.82) is 0 Å². The Bertz CT molecular complexity index is 407. The number of aliphatic hydroxyl groups is 1. The third kappa shape index (κ3) is 6.19. The molecule has 20 heavy (non-hydrogen) atoms. The van der Waals surface area contributed by atoms with Crippen LogP contribution >= 0.6 is 0 Å². The molecule has 0 aliphatic heterocycles. The first kappa shape index (κ1) is 16.7. The first-order valence-electron chi connectivity index (χ1n) is 7.41. The Morgan fingerprint density at radius 3 is 2.45 bits per heavy atom. The monoisotopic (exact) mass is 280 g/mol. The number of nitrogens with zero attached hydrogens (tertiary/aromatic N) is 2. The minimum atomic E-state index is 0.137. The zero-order chi connectivity index (χ0) is 15.0. The molecule has 5 nitrogen and oxygen atoms in total. The number of aryl methyl sites for hydroxylation is 1. The van der Waals surface area contributed by atoms with Crippen LogP contribution in [0.5, 0.6) is 0 Å². The van der Waals surface area contributed by atoms with Gasteiger partial charge in [-0.2, -0.15) is 0 Å². The number of anilines is 2. The highest BCUT2D eigenvalue weighted by Gasteiger charge is 2.17. The number of aliphatic hydroxyl groups excluding tert-OH is 1. The Hall–Kier alpha value is -1.36. The SMILES string of the molecule is CCCNc1cc(NCC(C)(C)CCCO)nc(C)n1. The van der Waals surface area contributed by atoms with Crippen molar-refractivity contribution in [1.82, 2.24) is 9.97 Å². The van der Waals surface area contributed by atoms with Crippen LogP contribution in [-0.4, -0.2) is 34.8 Å². The zero-order valence-corrected chi connectivity index (χ0v) is 13.2. The molecule has 114 valence electrons. The average molecular weight is 280 g/mol. The number of hydrogen-bond acceptors (Lipinski definition) is 5. The fraction of sp³-hybridized carbons (Fsp3) is 0.733. The molecule has 0 saturated heterocycles. The Kier molecular flexibility index (Phi) is 6.71. The topological polar surface area (TPSA) is 70.1 Å². The lowest BCUT2D eigenvalue weighted by atomic mass is 9.88. The summed E-state index contributed by atoms with van der Waals surface area (Å²) < 4.78 is 0. The van der Waals surface area contributed by atoms with E-state index in [0.717, 1.165) is 49.8 Å². The lowest BCUT2D eigenvalue weighted by Gasteiger charge is -2.25. The molecule has 0 aromatic carbocycles. The minimum absolute atomic E-state index is 0.137. The van der Waals surface area contributed by atoms with Gasteiger partial charge in [0.05, 0.1) is 0 Å². The van der Waals surface area contributed by atoms with E-state index < -0.39 is 0 Å². The average Bonchev–Trinajstić information content (AvgIpc) is 2.40. The van der Waals surface area contributed by atoms with Crippen molar-refractivity contribution < 1.29 is 5.11 Å². The number of nitrogens with one attached hydrogen (secondary N) is 2. The largest absolute Gasteiger partial charge is 0.396 e. The van der Waals surface area contributed by atoms with Crippen LogP contribution in [0.4, 0.5) is 11.6 Å². The quantitative estimate of drug-likeness (QED) is 0.649. The molecule has 0 aliphatic rings. The summed E-state index contributed by atoms with van der Waals surface area (Å²) >= 11 is 0. The van der Waals surface area contributed by atoms with Gasteiger partial charge in [0.2, 0.25) is 0 Å². The van der Waals surface area contributed by atoms with Gasteiger partial charge in [-0.25, -0.2) is 9.97 Å². The Balaban J connectivity index is 2.60. The molecule has 0 atom stereocenters. The van der Waals surface area contributed by atoms with Gasteiger partial charge in [0.1, 0.15) is 17.5 Å². The van der Waals surface area contributed by atoms with Crippen LogP contribution in [0.1, 0.15) is 45.9 Å². The summed E-state index contributed by atoms with van der Waals surface area (Å²) in [5.74, 6) is 2.49. The molecule has 0 radical (unpaired) electrons. The van der Waals surface area contributed by atoms with E-state index in [-0.39, 0.29) is 12.0 Å². The van der Waals surface area contributed by atoms with E-state index in [4.69, 9.17) is 5.11 Å². The molecule has 3 N–H and O–H groups in total. The van der Waals surface area contributed by atoms with Gasteiger partial charge >= 0.3 is 0 Å². The van der Waals surface area contributed by atoms with Gasteiger partial charge in [0.15, 0.2) is 0 Å². The van der Waals surface area contributed by atoms with Crippen molar-refractivity contribution >= 4 is 11.6 Å². The second kappa shape index (κ2) is 8.04. The van der Waals surface area contributed by atoms with E-state index in [0.29, 0.717) is 0 Å². The first-order chi connectivity index (χ1) is 9.46. The molecule has 0 fully saturated rings. The van der Waals surface area contributed by atoms with Gasteiger partial charge in [-0.15, -0.1) is 0 Å². The zero-order valence-electron chi connectivity index (χ0n) is 13.2. The van der Waals surface area contributed by atoms with Crippen molar-refractivity contribution in [3.63, 3.8) is 0 Å². The number of hydrogen-bond donors (Lipinski definition) is 3. The Labute approximate surface area is 122 Å². The normalized spacial score (nSPS) is 11.4. The molecular weight excluding hydrogens is 252 g/mol. The molecule has 5 heteroatoms. The highest BCUT2D eigenvalue weighted by Crippen LogP contribution is 2.23. The standard InChI is InChI=1S/C15H28N4O/c1-5-8-16-13-10-14(19-12(2)18-13)17-11-15(3,4)7-6-9-20/h10,20H,5-9,11H2,1-4H3,(H2,16,17,18,19). The second-order valence-corrected chi connectivity index (χ2v) is 5.96. The van der Waals surface area contributed by atoms with Crippen LogP contribution in [0.2, 0.25) is 0 Å². The lowest BCUT2D eigenvalue weighted by Crippen LogP contribution is -2.24. The summed E-state index contributed by atoms with van der Waals surface area (Å²) in [6.45, 7) is 10.4. The van der Waals surface area contributed by atoms with Gasteiger partial charge in [0, 0.05) is 25.8 Å². The van der Waals surface area contributed by atoms with Crippen LogP contribution in [0, 0.1) is 12.3 Å². The fourth-order valence-electron chi connectivity index (χ4n) is 1.98. The molecule has 0 saturated carbocycles. The maximum absolute atomic E-state index is 8.92. The predicted octanol–water partition coefficient (Wildman–Crippen LogP) is 2.82.